The Hall–Kier alpha value is -3.17. The normalized spacial score (nSPS) is 14.4. The fourth-order valence-electron chi connectivity index (χ4n) is 3.40. The van der Waals surface area contributed by atoms with Crippen LogP contribution in [0.5, 0.6) is 0 Å². The van der Waals surface area contributed by atoms with E-state index in [-0.39, 0.29) is 18.5 Å². The Morgan fingerprint density at radius 3 is 2.56 bits per heavy atom. The van der Waals surface area contributed by atoms with Gasteiger partial charge in [-0.1, -0.05) is 30.4 Å². The number of nitrogens with one attached hydrogen (secondary N) is 1. The summed E-state index contributed by atoms with van der Waals surface area (Å²) in [6.07, 6.45) is 8.65. The lowest BCUT2D eigenvalue weighted by molar-refractivity contribution is -0.150. The molecule has 3 rings (SSSR count). The summed E-state index contributed by atoms with van der Waals surface area (Å²) in [5.41, 5.74) is 18.0. The average Bonchev–Trinajstić information content (AvgIpc) is 3.44. The first-order valence-corrected chi connectivity index (χ1v) is 11.2. The fraction of sp³-hybridized carbons (Fsp3) is 0.348. The van der Waals surface area contributed by atoms with Gasteiger partial charge >= 0.3 is 5.97 Å². The van der Waals surface area contributed by atoms with Gasteiger partial charge in [-0.25, -0.2) is 0 Å². The zero-order chi connectivity index (χ0) is 23.5. The summed E-state index contributed by atoms with van der Waals surface area (Å²) < 4.78 is 5.46. The van der Waals surface area contributed by atoms with Crippen LogP contribution in [0.25, 0.3) is 16.5 Å². The van der Waals surface area contributed by atoms with Gasteiger partial charge in [0.15, 0.2) is 0 Å². The summed E-state index contributed by atoms with van der Waals surface area (Å²) in [5.74, 6) is -0.779. The molecule has 172 valence electrons. The minimum absolute atomic E-state index is 0.0350. The number of esters is 1. The van der Waals surface area contributed by atoms with E-state index in [2.05, 4.69) is 11.1 Å². The van der Waals surface area contributed by atoms with E-state index in [1.807, 2.05) is 36.4 Å². The summed E-state index contributed by atoms with van der Waals surface area (Å²) in [6, 6.07) is 9.09. The molecule has 1 heterocycles. The van der Waals surface area contributed by atoms with E-state index in [9.17, 15) is 9.59 Å². The Balaban J connectivity index is 0.00000114. The molecule has 1 saturated carbocycles. The molecule has 1 aliphatic carbocycles. The van der Waals surface area contributed by atoms with Crippen molar-refractivity contribution in [3.8, 4) is 10.4 Å². The van der Waals surface area contributed by atoms with Gasteiger partial charge in [0, 0.05) is 11.9 Å². The van der Waals surface area contributed by atoms with Crippen molar-refractivity contribution in [3.05, 3.63) is 47.5 Å². The third kappa shape index (κ3) is 7.21. The van der Waals surface area contributed by atoms with Gasteiger partial charge in [-0.15, -0.1) is 11.3 Å². The standard InChI is InChI=1S/C22H27N3O3S.CH3NO/c1-25-21-17(20(24)26)13-19(29-21)15-8-4-6-14(12-15)7-5-11-18(23)22(27)28-16-9-2-3-10-16;2-1-3/h4-8,12-13,16,18,25H,2-3,9-11,23H2,1H3,(H2,24,26);1H,(H2,2,3)/b7-5+;. The number of primary amides is 2. The number of anilines is 1. The number of hydrogen-bond donors (Lipinski definition) is 4. The lowest BCUT2D eigenvalue weighted by Gasteiger charge is -2.14. The van der Waals surface area contributed by atoms with E-state index in [0.717, 1.165) is 46.7 Å². The second-order valence-corrected chi connectivity index (χ2v) is 8.37. The van der Waals surface area contributed by atoms with Gasteiger partial charge < -0.3 is 27.3 Å². The monoisotopic (exact) mass is 458 g/mol. The molecule has 0 spiro atoms. The fourth-order valence-corrected chi connectivity index (χ4v) is 4.42. The smallest absolute Gasteiger partial charge is 0.323 e. The van der Waals surface area contributed by atoms with E-state index in [0.29, 0.717) is 12.0 Å². The molecule has 2 aromatic rings. The van der Waals surface area contributed by atoms with Crippen LogP contribution >= 0.6 is 11.3 Å². The first kappa shape index (κ1) is 25.1. The highest BCUT2D eigenvalue weighted by molar-refractivity contribution is 7.19. The van der Waals surface area contributed by atoms with Crippen LogP contribution in [0.15, 0.2) is 36.4 Å². The van der Waals surface area contributed by atoms with Crippen LogP contribution in [0.3, 0.4) is 0 Å². The van der Waals surface area contributed by atoms with Crippen LogP contribution in [0.2, 0.25) is 0 Å². The lowest BCUT2D eigenvalue weighted by Crippen LogP contribution is -2.33. The number of thiophene rings is 1. The third-order valence-electron chi connectivity index (χ3n) is 4.98. The molecular formula is C23H30N4O4S. The van der Waals surface area contributed by atoms with E-state index in [1.165, 1.54) is 11.3 Å². The van der Waals surface area contributed by atoms with Crippen molar-refractivity contribution in [2.45, 2.75) is 44.2 Å². The number of nitrogens with two attached hydrogens (primary N) is 3. The number of hydrogen-bond acceptors (Lipinski definition) is 7. The Labute approximate surface area is 191 Å². The highest BCUT2D eigenvalue weighted by Gasteiger charge is 2.22. The molecule has 0 saturated heterocycles. The average molecular weight is 459 g/mol. The Morgan fingerprint density at radius 2 is 1.97 bits per heavy atom. The number of ether oxygens (including phenoxy) is 1. The van der Waals surface area contributed by atoms with Crippen LogP contribution in [0, 0.1) is 0 Å². The highest BCUT2D eigenvalue weighted by Crippen LogP contribution is 2.35. The molecule has 1 fully saturated rings. The lowest BCUT2D eigenvalue weighted by atomic mass is 10.1. The first-order chi connectivity index (χ1) is 15.4. The van der Waals surface area contributed by atoms with Crippen LogP contribution < -0.4 is 22.5 Å². The van der Waals surface area contributed by atoms with E-state index >= 15 is 0 Å². The van der Waals surface area contributed by atoms with Gasteiger partial charge in [0.05, 0.1) is 5.56 Å². The summed E-state index contributed by atoms with van der Waals surface area (Å²) in [4.78, 5) is 33.2. The molecule has 1 atom stereocenters. The summed E-state index contributed by atoms with van der Waals surface area (Å²) in [7, 11) is 1.77. The van der Waals surface area contributed by atoms with Crippen molar-refractivity contribution in [2.24, 2.45) is 17.2 Å². The van der Waals surface area contributed by atoms with Crippen LogP contribution in [-0.4, -0.2) is 37.5 Å². The molecular weight excluding hydrogens is 428 g/mol. The maximum absolute atomic E-state index is 12.1. The maximum atomic E-state index is 12.1. The van der Waals surface area contributed by atoms with Gasteiger partial charge in [-0.3, -0.25) is 14.4 Å². The molecule has 1 unspecified atom stereocenters. The van der Waals surface area contributed by atoms with Gasteiger partial charge in [0.2, 0.25) is 6.41 Å². The Morgan fingerprint density at radius 1 is 1.28 bits per heavy atom. The molecule has 2 amide bonds. The van der Waals surface area contributed by atoms with E-state index in [4.69, 9.17) is 21.0 Å². The van der Waals surface area contributed by atoms with Crippen LogP contribution in [0.1, 0.15) is 48.0 Å². The predicted octanol–water partition coefficient (Wildman–Crippen LogP) is 2.87. The van der Waals surface area contributed by atoms with Crippen molar-refractivity contribution in [1.29, 1.82) is 0 Å². The first-order valence-electron chi connectivity index (χ1n) is 10.4. The molecule has 32 heavy (non-hydrogen) atoms. The van der Waals surface area contributed by atoms with Crippen molar-refractivity contribution >= 4 is 40.7 Å². The minimum Gasteiger partial charge on any atom is -0.461 e. The molecule has 8 nitrogen and oxygen atoms in total. The van der Waals surface area contributed by atoms with Crippen molar-refractivity contribution in [2.75, 3.05) is 12.4 Å². The summed E-state index contributed by atoms with van der Waals surface area (Å²) >= 11 is 1.48. The molecule has 1 aromatic carbocycles. The summed E-state index contributed by atoms with van der Waals surface area (Å²) in [6.45, 7) is 0. The number of carbonyl (C=O) groups excluding carboxylic acids is 3. The number of carbonyl (C=O) groups is 3. The van der Waals surface area contributed by atoms with E-state index in [1.54, 1.807) is 13.1 Å². The number of benzene rings is 1. The van der Waals surface area contributed by atoms with Crippen LogP contribution in [-0.2, 0) is 14.3 Å². The molecule has 0 bridgehead atoms. The Bertz CT molecular complexity index is 951. The second-order valence-electron chi connectivity index (χ2n) is 7.32. The maximum Gasteiger partial charge on any atom is 0.323 e. The molecule has 1 aliphatic rings. The van der Waals surface area contributed by atoms with Gasteiger partial charge in [0.1, 0.15) is 17.1 Å². The van der Waals surface area contributed by atoms with Gasteiger partial charge in [-0.2, -0.15) is 0 Å². The largest absolute Gasteiger partial charge is 0.461 e. The molecule has 7 N–H and O–H groups in total. The second kappa shape index (κ2) is 12.6. The molecule has 9 heteroatoms. The zero-order valence-electron chi connectivity index (χ0n) is 18.1. The zero-order valence-corrected chi connectivity index (χ0v) is 18.9. The SMILES string of the molecule is CNc1sc(-c2cccc(/C=C/CC(N)C(=O)OC3CCCC3)c2)cc1C(N)=O.NC=O. The summed E-state index contributed by atoms with van der Waals surface area (Å²) in [5, 5.41) is 3.76. The predicted molar refractivity (Wildman–Crippen MR) is 128 cm³/mol. The molecule has 0 aliphatic heterocycles. The quantitative estimate of drug-likeness (QED) is 0.353. The molecule has 0 radical (unpaired) electrons. The topological polar surface area (TPSA) is 151 Å². The number of rotatable bonds is 8. The van der Waals surface area contributed by atoms with Gasteiger partial charge in [0.25, 0.3) is 5.91 Å². The van der Waals surface area contributed by atoms with Crippen molar-refractivity contribution < 1.29 is 19.1 Å². The van der Waals surface area contributed by atoms with Crippen molar-refractivity contribution in [3.63, 3.8) is 0 Å². The highest BCUT2D eigenvalue weighted by atomic mass is 32.1. The van der Waals surface area contributed by atoms with E-state index < -0.39 is 11.9 Å². The minimum atomic E-state index is -0.649. The van der Waals surface area contributed by atoms with Crippen molar-refractivity contribution in [1.82, 2.24) is 0 Å². The van der Waals surface area contributed by atoms with Crippen LogP contribution in [0.4, 0.5) is 5.00 Å². The molecule has 1 aromatic heterocycles. The Kier molecular flexibility index (Phi) is 9.90. The number of amides is 2. The third-order valence-corrected chi connectivity index (χ3v) is 6.19. The van der Waals surface area contributed by atoms with Gasteiger partial charge in [-0.05, 0) is 55.4 Å².